The van der Waals surface area contributed by atoms with E-state index in [0.29, 0.717) is 12.4 Å². The zero-order valence-electron chi connectivity index (χ0n) is 11.2. The van der Waals surface area contributed by atoms with Gasteiger partial charge in [0, 0.05) is 16.6 Å². The maximum Gasteiger partial charge on any atom is 0.204 e. The maximum absolute atomic E-state index is 5.89. The number of hydrogen-bond donors (Lipinski definition) is 1. The Kier molecular flexibility index (Phi) is 4.08. The predicted molar refractivity (Wildman–Crippen MR) is 84.6 cm³/mol. The van der Waals surface area contributed by atoms with E-state index < -0.39 is 0 Å². The third-order valence-corrected chi connectivity index (χ3v) is 3.69. The Morgan fingerprint density at radius 3 is 2.62 bits per heavy atom. The van der Waals surface area contributed by atoms with Crippen molar-refractivity contribution in [2.24, 2.45) is 5.73 Å². The van der Waals surface area contributed by atoms with Gasteiger partial charge in [-0.3, -0.25) is 0 Å². The molecule has 0 bridgehead atoms. The van der Waals surface area contributed by atoms with Gasteiger partial charge in [-0.15, -0.1) is 10.2 Å². The van der Waals surface area contributed by atoms with Crippen molar-refractivity contribution in [3.05, 3.63) is 64.6 Å². The lowest BCUT2D eigenvalue weighted by atomic mass is 10.1. The summed E-state index contributed by atoms with van der Waals surface area (Å²) < 4.78 is 1.00. The zero-order chi connectivity index (χ0) is 14.7. The number of nitrogens with two attached hydrogens (primary N) is 1. The summed E-state index contributed by atoms with van der Waals surface area (Å²) in [5.41, 5.74) is 7.87. The first-order valence-corrected chi connectivity index (χ1v) is 7.37. The number of rotatable bonds is 4. The van der Waals surface area contributed by atoms with Crippen molar-refractivity contribution in [2.45, 2.75) is 6.04 Å². The van der Waals surface area contributed by atoms with E-state index in [1.165, 1.54) is 0 Å². The lowest BCUT2D eigenvalue weighted by Crippen LogP contribution is -2.22. The van der Waals surface area contributed by atoms with Gasteiger partial charge in [-0.05, 0) is 22.9 Å². The Morgan fingerprint density at radius 2 is 1.90 bits per heavy atom. The van der Waals surface area contributed by atoms with Crippen LogP contribution in [0.15, 0.2) is 59.1 Å². The predicted octanol–water partition coefficient (Wildman–Crippen LogP) is 2.65. The van der Waals surface area contributed by atoms with Crippen LogP contribution in [0.3, 0.4) is 0 Å². The normalized spacial score (nSPS) is 12.3. The highest BCUT2D eigenvalue weighted by atomic mass is 79.9. The van der Waals surface area contributed by atoms with Crippen LogP contribution in [-0.4, -0.2) is 26.8 Å². The molecule has 3 rings (SSSR count). The number of tetrazole rings is 1. The molecule has 2 N–H and O–H groups in total. The van der Waals surface area contributed by atoms with Crippen molar-refractivity contribution in [3.63, 3.8) is 0 Å². The van der Waals surface area contributed by atoms with Crippen LogP contribution in [-0.2, 0) is 0 Å². The Hall–Kier alpha value is -2.05. The number of nitrogens with zero attached hydrogens (tertiary/aromatic N) is 4. The van der Waals surface area contributed by atoms with Gasteiger partial charge in [0.1, 0.15) is 6.04 Å². The Labute approximate surface area is 130 Å². The smallest absolute Gasteiger partial charge is 0.204 e. The fraction of sp³-hybridized carbons (Fsp3) is 0.133. The molecule has 0 aliphatic heterocycles. The molecule has 0 radical (unpaired) electrons. The molecule has 3 aromatic rings. The van der Waals surface area contributed by atoms with Gasteiger partial charge in [0.25, 0.3) is 0 Å². The Morgan fingerprint density at radius 1 is 1.10 bits per heavy atom. The van der Waals surface area contributed by atoms with Crippen molar-refractivity contribution in [3.8, 4) is 11.4 Å². The second kappa shape index (κ2) is 6.15. The second-order valence-corrected chi connectivity index (χ2v) is 5.52. The van der Waals surface area contributed by atoms with Crippen LogP contribution in [0.1, 0.15) is 11.6 Å². The average molecular weight is 344 g/mol. The molecule has 6 heteroatoms. The molecule has 106 valence electrons. The van der Waals surface area contributed by atoms with Gasteiger partial charge in [0.2, 0.25) is 5.82 Å². The Balaban J connectivity index is 1.94. The summed E-state index contributed by atoms with van der Waals surface area (Å²) in [5, 5.41) is 12.7. The molecule has 5 nitrogen and oxygen atoms in total. The molecule has 0 amide bonds. The Bertz CT molecular complexity index is 726. The largest absolute Gasteiger partial charge is 0.328 e. The van der Waals surface area contributed by atoms with Gasteiger partial charge in [-0.1, -0.05) is 58.4 Å². The van der Waals surface area contributed by atoms with Crippen LogP contribution in [0, 0.1) is 0 Å². The minimum absolute atomic E-state index is 0.132. The summed E-state index contributed by atoms with van der Waals surface area (Å²) in [6.45, 7) is 0.404. The van der Waals surface area contributed by atoms with Crippen LogP contribution in [0.5, 0.6) is 0 Å². The minimum Gasteiger partial charge on any atom is -0.328 e. The molecule has 0 saturated heterocycles. The van der Waals surface area contributed by atoms with E-state index in [0.717, 1.165) is 15.6 Å². The summed E-state index contributed by atoms with van der Waals surface area (Å²) in [7, 11) is 0. The molecular weight excluding hydrogens is 330 g/mol. The fourth-order valence-corrected chi connectivity index (χ4v) is 2.55. The monoisotopic (exact) mass is 343 g/mol. The summed E-state index contributed by atoms with van der Waals surface area (Å²) in [6, 6.07) is 17.6. The standard InChI is InChI=1S/C15H14BrN5/c16-13-8-4-7-12(9-13)14(10-17)21-19-15(18-20-21)11-5-2-1-3-6-11/h1-9,14H,10,17H2. The van der Waals surface area contributed by atoms with E-state index in [4.69, 9.17) is 5.73 Å². The van der Waals surface area contributed by atoms with Gasteiger partial charge in [-0.25, -0.2) is 0 Å². The van der Waals surface area contributed by atoms with Crippen molar-refractivity contribution in [1.82, 2.24) is 20.2 Å². The van der Waals surface area contributed by atoms with Gasteiger partial charge < -0.3 is 5.73 Å². The van der Waals surface area contributed by atoms with E-state index in [1.54, 1.807) is 4.80 Å². The quantitative estimate of drug-likeness (QED) is 0.790. The molecular formula is C15H14BrN5. The number of aromatic nitrogens is 4. The van der Waals surface area contributed by atoms with Gasteiger partial charge in [-0.2, -0.15) is 4.80 Å². The third kappa shape index (κ3) is 3.01. The van der Waals surface area contributed by atoms with Crippen molar-refractivity contribution in [2.75, 3.05) is 6.54 Å². The summed E-state index contributed by atoms with van der Waals surface area (Å²) in [5.74, 6) is 0.601. The van der Waals surface area contributed by atoms with Crippen LogP contribution in [0.2, 0.25) is 0 Å². The molecule has 1 aromatic heterocycles. The first kappa shape index (κ1) is 13.9. The molecule has 1 atom stereocenters. The molecule has 0 aliphatic carbocycles. The molecule has 1 unspecified atom stereocenters. The third-order valence-electron chi connectivity index (χ3n) is 3.20. The summed E-state index contributed by atoms with van der Waals surface area (Å²) in [4.78, 5) is 1.57. The van der Waals surface area contributed by atoms with Crippen molar-refractivity contribution >= 4 is 15.9 Å². The van der Waals surface area contributed by atoms with E-state index in [-0.39, 0.29) is 6.04 Å². The van der Waals surface area contributed by atoms with E-state index in [1.807, 2.05) is 54.6 Å². The molecule has 1 heterocycles. The molecule has 0 aliphatic rings. The first-order valence-electron chi connectivity index (χ1n) is 6.58. The van der Waals surface area contributed by atoms with Gasteiger partial charge in [0.15, 0.2) is 0 Å². The maximum atomic E-state index is 5.89. The van der Waals surface area contributed by atoms with E-state index in [2.05, 4.69) is 31.3 Å². The van der Waals surface area contributed by atoms with Crippen molar-refractivity contribution < 1.29 is 0 Å². The molecule has 2 aromatic carbocycles. The van der Waals surface area contributed by atoms with E-state index in [9.17, 15) is 0 Å². The highest BCUT2D eigenvalue weighted by Gasteiger charge is 2.16. The van der Waals surface area contributed by atoms with Gasteiger partial charge in [0.05, 0.1) is 0 Å². The van der Waals surface area contributed by atoms with E-state index >= 15 is 0 Å². The second-order valence-electron chi connectivity index (χ2n) is 4.61. The lowest BCUT2D eigenvalue weighted by molar-refractivity contribution is 0.458. The summed E-state index contributed by atoms with van der Waals surface area (Å²) in [6.07, 6.45) is 0. The molecule has 21 heavy (non-hydrogen) atoms. The van der Waals surface area contributed by atoms with Crippen molar-refractivity contribution in [1.29, 1.82) is 0 Å². The topological polar surface area (TPSA) is 69.6 Å². The average Bonchev–Trinajstić information content (AvgIpc) is 2.99. The van der Waals surface area contributed by atoms with Gasteiger partial charge >= 0.3 is 0 Å². The zero-order valence-corrected chi connectivity index (χ0v) is 12.8. The number of hydrogen-bond acceptors (Lipinski definition) is 4. The SMILES string of the molecule is NCC(c1cccc(Br)c1)n1nnc(-c2ccccc2)n1. The van der Waals surface area contributed by atoms with Crippen LogP contribution in [0.25, 0.3) is 11.4 Å². The molecule has 0 fully saturated rings. The number of benzene rings is 2. The van der Waals surface area contributed by atoms with Crippen LogP contribution < -0.4 is 5.73 Å². The lowest BCUT2D eigenvalue weighted by Gasteiger charge is -2.13. The number of halogens is 1. The minimum atomic E-state index is -0.132. The van der Waals surface area contributed by atoms with Crippen LogP contribution >= 0.6 is 15.9 Å². The fourth-order valence-electron chi connectivity index (χ4n) is 2.14. The molecule has 0 spiro atoms. The highest BCUT2D eigenvalue weighted by Crippen LogP contribution is 2.21. The molecule has 0 saturated carbocycles. The first-order chi connectivity index (χ1) is 10.3. The van der Waals surface area contributed by atoms with Crippen LogP contribution in [0.4, 0.5) is 0 Å². The highest BCUT2D eigenvalue weighted by molar-refractivity contribution is 9.10. The summed E-state index contributed by atoms with van der Waals surface area (Å²) >= 11 is 3.47.